The summed E-state index contributed by atoms with van der Waals surface area (Å²) in [4.78, 5) is 28.8. The van der Waals surface area contributed by atoms with E-state index in [4.69, 9.17) is 5.21 Å². The first-order valence-electron chi connectivity index (χ1n) is 8.59. The average molecular weight is 331 g/mol. The molecule has 0 unspecified atom stereocenters. The first kappa shape index (κ1) is 16.9. The number of piperidine rings is 1. The SMILES string of the molecule is CN1CCC[C@H](C(=O)NO)[C@H]1C(=O)N1CC[C@H](c2ccccc2)C1. The number of nitrogens with one attached hydrogen (secondary N) is 1. The van der Waals surface area contributed by atoms with E-state index in [0.717, 1.165) is 25.9 Å². The number of hydrogen-bond acceptors (Lipinski definition) is 4. The van der Waals surface area contributed by atoms with Gasteiger partial charge in [0.05, 0.1) is 5.92 Å². The standard InChI is InChI=1S/C18H25N3O3/c1-20-10-5-8-15(17(22)19-24)16(20)18(23)21-11-9-14(12-21)13-6-3-2-4-7-13/h2-4,6-7,14-16,24H,5,8-12H2,1H3,(H,19,22)/t14-,15-,16-/m0/s1. The normalized spacial score (nSPS) is 27.9. The van der Waals surface area contributed by atoms with Gasteiger partial charge in [-0.05, 0) is 38.4 Å². The predicted octanol–water partition coefficient (Wildman–Crippen LogP) is 1.22. The lowest BCUT2D eigenvalue weighted by Gasteiger charge is -2.38. The van der Waals surface area contributed by atoms with Gasteiger partial charge in [0.15, 0.2) is 0 Å². The highest BCUT2D eigenvalue weighted by Crippen LogP contribution is 2.30. The number of likely N-dealkylation sites (tertiary alicyclic amines) is 2. The number of benzene rings is 1. The van der Waals surface area contributed by atoms with E-state index in [1.165, 1.54) is 5.56 Å². The summed E-state index contributed by atoms with van der Waals surface area (Å²) < 4.78 is 0. The molecule has 2 heterocycles. The van der Waals surface area contributed by atoms with Gasteiger partial charge >= 0.3 is 0 Å². The van der Waals surface area contributed by atoms with Gasteiger partial charge in [0.2, 0.25) is 11.8 Å². The van der Waals surface area contributed by atoms with E-state index in [-0.39, 0.29) is 5.91 Å². The Morgan fingerprint density at radius 1 is 1.17 bits per heavy atom. The van der Waals surface area contributed by atoms with Crippen LogP contribution in [0.1, 0.15) is 30.7 Å². The number of hydrogen-bond donors (Lipinski definition) is 2. The van der Waals surface area contributed by atoms with Crippen LogP contribution in [-0.2, 0) is 9.59 Å². The van der Waals surface area contributed by atoms with E-state index in [0.29, 0.717) is 18.9 Å². The first-order chi connectivity index (χ1) is 11.6. The monoisotopic (exact) mass is 331 g/mol. The van der Waals surface area contributed by atoms with Crippen molar-refractivity contribution >= 4 is 11.8 Å². The van der Waals surface area contributed by atoms with Crippen molar-refractivity contribution in [2.75, 3.05) is 26.7 Å². The molecule has 3 rings (SSSR count). The van der Waals surface area contributed by atoms with Crippen LogP contribution in [0.15, 0.2) is 30.3 Å². The maximum absolute atomic E-state index is 13.0. The molecule has 0 bridgehead atoms. The zero-order valence-electron chi connectivity index (χ0n) is 14.0. The van der Waals surface area contributed by atoms with Crippen LogP contribution in [0.4, 0.5) is 0 Å². The Morgan fingerprint density at radius 2 is 1.92 bits per heavy atom. The first-order valence-corrected chi connectivity index (χ1v) is 8.59. The summed E-state index contributed by atoms with van der Waals surface area (Å²) in [6, 6.07) is 9.77. The van der Waals surface area contributed by atoms with E-state index < -0.39 is 17.9 Å². The summed E-state index contributed by atoms with van der Waals surface area (Å²) in [6.45, 7) is 2.21. The molecule has 6 nitrogen and oxygen atoms in total. The van der Waals surface area contributed by atoms with E-state index in [1.54, 1.807) is 5.48 Å². The van der Waals surface area contributed by atoms with E-state index >= 15 is 0 Å². The fourth-order valence-corrected chi connectivity index (χ4v) is 4.03. The third kappa shape index (κ3) is 3.30. The number of likely N-dealkylation sites (N-methyl/N-ethyl adjacent to an activating group) is 1. The van der Waals surface area contributed by atoms with Crippen LogP contribution in [0, 0.1) is 5.92 Å². The Kier molecular flexibility index (Phi) is 5.16. The Balaban J connectivity index is 1.72. The highest BCUT2D eigenvalue weighted by atomic mass is 16.5. The maximum atomic E-state index is 13.0. The van der Waals surface area contributed by atoms with Gasteiger partial charge in [-0.2, -0.15) is 0 Å². The lowest BCUT2D eigenvalue weighted by atomic mass is 9.88. The lowest BCUT2D eigenvalue weighted by Crippen LogP contribution is -2.56. The van der Waals surface area contributed by atoms with Crippen LogP contribution < -0.4 is 5.48 Å². The Hall–Kier alpha value is -1.92. The molecule has 1 aromatic rings. The molecule has 0 spiro atoms. The van der Waals surface area contributed by atoms with Crippen molar-refractivity contribution < 1.29 is 14.8 Å². The zero-order valence-corrected chi connectivity index (χ0v) is 14.0. The molecule has 2 aliphatic rings. The van der Waals surface area contributed by atoms with Gasteiger partial charge in [0.25, 0.3) is 0 Å². The van der Waals surface area contributed by atoms with Crippen molar-refractivity contribution in [3.05, 3.63) is 35.9 Å². The van der Waals surface area contributed by atoms with E-state index in [9.17, 15) is 9.59 Å². The van der Waals surface area contributed by atoms with Crippen LogP contribution in [0.5, 0.6) is 0 Å². The van der Waals surface area contributed by atoms with Gasteiger partial charge in [-0.1, -0.05) is 30.3 Å². The molecule has 24 heavy (non-hydrogen) atoms. The van der Waals surface area contributed by atoms with Crippen LogP contribution in [0.3, 0.4) is 0 Å². The molecule has 2 aliphatic heterocycles. The fraction of sp³-hybridized carbons (Fsp3) is 0.556. The second-order valence-electron chi connectivity index (χ2n) is 6.83. The van der Waals surface area contributed by atoms with Gasteiger partial charge in [-0.25, -0.2) is 5.48 Å². The summed E-state index contributed by atoms with van der Waals surface area (Å²) in [7, 11) is 1.88. The Bertz CT molecular complexity index is 592. The number of carbonyl (C=O) groups excluding carboxylic acids is 2. The van der Waals surface area contributed by atoms with Crippen molar-refractivity contribution in [1.82, 2.24) is 15.3 Å². The van der Waals surface area contributed by atoms with Gasteiger partial charge < -0.3 is 4.90 Å². The van der Waals surface area contributed by atoms with Gasteiger partial charge in [0, 0.05) is 19.0 Å². The van der Waals surface area contributed by atoms with Crippen LogP contribution in [0.2, 0.25) is 0 Å². The Labute approximate surface area is 142 Å². The zero-order chi connectivity index (χ0) is 17.1. The topological polar surface area (TPSA) is 72.9 Å². The van der Waals surface area contributed by atoms with Gasteiger partial charge in [-0.15, -0.1) is 0 Å². The van der Waals surface area contributed by atoms with E-state index in [2.05, 4.69) is 12.1 Å². The van der Waals surface area contributed by atoms with Gasteiger partial charge in [-0.3, -0.25) is 19.7 Å². The number of carbonyl (C=O) groups is 2. The van der Waals surface area contributed by atoms with Crippen LogP contribution >= 0.6 is 0 Å². The molecule has 2 saturated heterocycles. The second-order valence-corrected chi connectivity index (χ2v) is 6.83. The van der Waals surface area contributed by atoms with Crippen LogP contribution in [-0.4, -0.2) is 59.5 Å². The highest BCUT2D eigenvalue weighted by Gasteiger charge is 2.42. The average Bonchev–Trinajstić information content (AvgIpc) is 3.11. The predicted molar refractivity (Wildman–Crippen MR) is 89.5 cm³/mol. The highest BCUT2D eigenvalue weighted by molar-refractivity contribution is 5.90. The van der Waals surface area contributed by atoms with Crippen molar-refractivity contribution in [2.24, 2.45) is 5.92 Å². The molecule has 0 aromatic heterocycles. The molecule has 6 heteroatoms. The lowest BCUT2D eigenvalue weighted by molar-refractivity contribution is -0.148. The maximum Gasteiger partial charge on any atom is 0.248 e. The number of hydroxylamine groups is 1. The quantitative estimate of drug-likeness (QED) is 0.645. The molecule has 2 amide bonds. The summed E-state index contributed by atoms with van der Waals surface area (Å²) in [5.41, 5.74) is 2.99. The summed E-state index contributed by atoms with van der Waals surface area (Å²) in [5.74, 6) is -0.589. The van der Waals surface area contributed by atoms with Crippen molar-refractivity contribution in [1.29, 1.82) is 0 Å². The number of amides is 2. The summed E-state index contributed by atoms with van der Waals surface area (Å²) >= 11 is 0. The molecule has 0 radical (unpaired) electrons. The largest absolute Gasteiger partial charge is 0.341 e. The number of rotatable bonds is 3. The summed E-state index contributed by atoms with van der Waals surface area (Å²) in [6.07, 6.45) is 2.43. The molecule has 0 aliphatic carbocycles. The summed E-state index contributed by atoms with van der Waals surface area (Å²) in [5, 5.41) is 8.99. The third-order valence-electron chi connectivity index (χ3n) is 5.35. The molecule has 130 valence electrons. The minimum Gasteiger partial charge on any atom is -0.341 e. The van der Waals surface area contributed by atoms with Crippen molar-refractivity contribution in [3.8, 4) is 0 Å². The van der Waals surface area contributed by atoms with Gasteiger partial charge in [0.1, 0.15) is 6.04 Å². The molecule has 0 saturated carbocycles. The van der Waals surface area contributed by atoms with Crippen molar-refractivity contribution in [3.63, 3.8) is 0 Å². The smallest absolute Gasteiger partial charge is 0.248 e. The molecule has 2 fully saturated rings. The molecular weight excluding hydrogens is 306 g/mol. The molecule has 3 atom stereocenters. The van der Waals surface area contributed by atoms with Crippen LogP contribution in [0.25, 0.3) is 0 Å². The van der Waals surface area contributed by atoms with Crippen molar-refractivity contribution in [2.45, 2.75) is 31.2 Å². The Morgan fingerprint density at radius 3 is 2.62 bits per heavy atom. The fourth-order valence-electron chi connectivity index (χ4n) is 4.03. The van der Waals surface area contributed by atoms with E-state index in [1.807, 2.05) is 35.0 Å². The number of nitrogens with zero attached hydrogens (tertiary/aromatic N) is 2. The second kappa shape index (κ2) is 7.32. The minimum atomic E-state index is -0.489. The minimum absolute atomic E-state index is 0.00392. The molecule has 2 N–H and O–H groups in total. The molecule has 1 aromatic carbocycles. The molecular formula is C18H25N3O3. The third-order valence-corrected chi connectivity index (χ3v) is 5.35.